The molecule has 0 saturated carbocycles. The average molecular weight is 1010 g/mol. The van der Waals surface area contributed by atoms with Gasteiger partial charge in [-0.1, -0.05) is 109 Å². The number of carbonyl (C=O) groups excluding carboxylic acids is 5. The fourth-order valence-electron chi connectivity index (χ4n) is 7.60. The summed E-state index contributed by atoms with van der Waals surface area (Å²) in [7, 11) is 2.00. The molecule has 0 aliphatic heterocycles. The predicted octanol–water partition coefficient (Wildman–Crippen LogP) is 5.63. The van der Waals surface area contributed by atoms with Crippen LogP contribution in [0.15, 0.2) is 0 Å². The number of aromatic amines is 1. The van der Waals surface area contributed by atoms with Crippen LogP contribution in [0, 0.1) is 5.41 Å². The second kappa shape index (κ2) is 40.4. The average Bonchev–Trinajstić information content (AvgIpc) is 3.84. The fraction of sp³-hybridized carbons (Fsp3) is 0.863. The Labute approximate surface area is 425 Å². The number of ketones is 1. The number of carbonyl (C=O) groups is 6. The second-order valence-corrected chi connectivity index (χ2v) is 20.4. The molecule has 4 amide bonds. The maximum atomic E-state index is 13.1. The minimum absolute atomic E-state index is 0.0166. The van der Waals surface area contributed by atoms with E-state index in [1.165, 1.54) is 64.2 Å². The van der Waals surface area contributed by atoms with Crippen molar-refractivity contribution < 1.29 is 52.8 Å². The molecule has 1 heterocycles. The Hall–Kier alpha value is -4.11. The highest BCUT2D eigenvalue weighted by Gasteiger charge is 2.35. The van der Waals surface area contributed by atoms with Crippen molar-refractivity contribution >= 4 is 35.4 Å². The third-order valence-electron chi connectivity index (χ3n) is 12.1. The van der Waals surface area contributed by atoms with Crippen molar-refractivity contribution in [3.63, 3.8) is 0 Å². The summed E-state index contributed by atoms with van der Waals surface area (Å²) in [4.78, 5) is 75.8. The maximum absolute atomic E-state index is 13.1. The molecule has 0 saturated heterocycles. The van der Waals surface area contributed by atoms with Gasteiger partial charge in [0.2, 0.25) is 23.6 Å². The number of aromatic nitrogens is 4. The Morgan fingerprint density at radius 1 is 0.563 bits per heavy atom. The SMILES string of the molecule is CN(C(CCCCNC(=O)COCCOCCNC(=O)COCCOCCNC(=O)CC[C@H](NC(=O)CCCCCCCCCCCCCCCCCc1nn[nH]n1)C(=O)O)C(=O)C(C)(C)C)C(C)(C)C. The number of unbranched alkanes of at least 4 members (excludes halogenated alkanes) is 15. The summed E-state index contributed by atoms with van der Waals surface area (Å²) in [5.74, 6) is -1.33. The molecule has 1 unspecified atom stereocenters. The number of hydrogen-bond acceptors (Lipinski definition) is 14. The number of tetrazole rings is 1. The van der Waals surface area contributed by atoms with Crippen molar-refractivity contribution in [3.05, 3.63) is 5.82 Å². The van der Waals surface area contributed by atoms with E-state index in [1.807, 2.05) is 27.8 Å². The lowest BCUT2D eigenvalue weighted by atomic mass is 9.83. The van der Waals surface area contributed by atoms with Crippen LogP contribution in [-0.4, -0.2) is 163 Å². The van der Waals surface area contributed by atoms with Gasteiger partial charge >= 0.3 is 5.97 Å². The molecule has 1 aromatic rings. The number of aliphatic carboxylic acids is 1. The molecule has 410 valence electrons. The summed E-state index contributed by atoms with van der Waals surface area (Å²) in [5.41, 5.74) is -0.566. The van der Waals surface area contributed by atoms with Gasteiger partial charge < -0.3 is 45.3 Å². The van der Waals surface area contributed by atoms with Crippen molar-refractivity contribution in [2.24, 2.45) is 5.41 Å². The number of Topliss-reactive ketones (excluding diaryl/α,β-unsaturated/α-hetero) is 1. The second-order valence-electron chi connectivity index (χ2n) is 20.4. The molecule has 0 bridgehead atoms. The zero-order chi connectivity index (χ0) is 52.6. The van der Waals surface area contributed by atoms with Crippen LogP contribution in [-0.2, 0) is 54.1 Å². The number of nitrogens with zero attached hydrogens (tertiary/aromatic N) is 4. The summed E-state index contributed by atoms with van der Waals surface area (Å²) in [5, 5.41) is 34.4. The van der Waals surface area contributed by atoms with Gasteiger partial charge in [-0.15, -0.1) is 10.2 Å². The van der Waals surface area contributed by atoms with Crippen molar-refractivity contribution in [1.82, 2.24) is 46.8 Å². The molecule has 0 fully saturated rings. The first-order chi connectivity index (χ1) is 33.9. The summed E-state index contributed by atoms with van der Waals surface area (Å²) in [6, 6.07) is -1.31. The lowest BCUT2D eigenvalue weighted by molar-refractivity contribution is -0.142. The molecular formula is C51H95N9O11. The van der Waals surface area contributed by atoms with Gasteiger partial charge in [0.05, 0.1) is 45.7 Å². The van der Waals surface area contributed by atoms with Crippen LogP contribution in [0.3, 0.4) is 0 Å². The molecule has 0 aliphatic rings. The zero-order valence-corrected chi connectivity index (χ0v) is 44.8. The highest BCUT2D eigenvalue weighted by molar-refractivity contribution is 5.88. The van der Waals surface area contributed by atoms with Gasteiger partial charge in [-0.05, 0) is 66.3 Å². The van der Waals surface area contributed by atoms with Gasteiger partial charge in [0.15, 0.2) is 11.6 Å². The van der Waals surface area contributed by atoms with Gasteiger partial charge in [-0.3, -0.25) is 28.9 Å². The molecule has 20 nitrogen and oxygen atoms in total. The number of aryl methyl sites for hydroxylation is 1. The third-order valence-corrected chi connectivity index (χ3v) is 12.1. The summed E-state index contributed by atoms with van der Waals surface area (Å²) in [6.07, 6.45) is 21.0. The first-order valence-electron chi connectivity index (χ1n) is 26.5. The fourth-order valence-corrected chi connectivity index (χ4v) is 7.60. The van der Waals surface area contributed by atoms with Gasteiger partial charge in [0.25, 0.3) is 0 Å². The number of likely N-dealkylation sites (N-methyl/N-ethyl adjacent to an activating group) is 1. The van der Waals surface area contributed by atoms with Crippen LogP contribution in [0.1, 0.15) is 182 Å². The van der Waals surface area contributed by atoms with Crippen molar-refractivity contribution in [2.45, 2.75) is 200 Å². The lowest BCUT2D eigenvalue weighted by Crippen LogP contribution is -2.51. The molecule has 6 N–H and O–H groups in total. The molecule has 20 heteroatoms. The molecule has 71 heavy (non-hydrogen) atoms. The Bertz CT molecular complexity index is 1570. The Kier molecular flexibility index (Phi) is 36.9. The van der Waals surface area contributed by atoms with E-state index in [0.717, 1.165) is 57.2 Å². The normalized spacial score (nSPS) is 12.7. The molecule has 1 rings (SSSR count). The largest absolute Gasteiger partial charge is 0.480 e. The number of carboxylic acids is 1. The number of ether oxygens (including phenoxy) is 4. The van der Waals surface area contributed by atoms with Gasteiger partial charge in [-0.2, -0.15) is 5.21 Å². The van der Waals surface area contributed by atoms with Crippen LogP contribution in [0.25, 0.3) is 0 Å². The minimum atomic E-state index is -1.17. The van der Waals surface area contributed by atoms with E-state index in [0.29, 0.717) is 13.0 Å². The number of hydrogen-bond donors (Lipinski definition) is 6. The predicted molar refractivity (Wildman–Crippen MR) is 272 cm³/mol. The van der Waals surface area contributed by atoms with E-state index in [-0.39, 0.29) is 126 Å². The Morgan fingerprint density at radius 2 is 1.04 bits per heavy atom. The highest BCUT2D eigenvalue weighted by Crippen LogP contribution is 2.26. The van der Waals surface area contributed by atoms with Crippen LogP contribution < -0.4 is 21.3 Å². The van der Waals surface area contributed by atoms with Gasteiger partial charge in [-0.25, -0.2) is 4.79 Å². The van der Waals surface area contributed by atoms with Crippen molar-refractivity contribution in [2.75, 3.05) is 79.5 Å². The van der Waals surface area contributed by atoms with E-state index in [4.69, 9.17) is 18.9 Å². The molecule has 0 aromatic carbocycles. The standard InChI is InChI=1S/C51H95N9O11/c1-50(2,3)48(65)42(60(7)51(4,5)6)25-23-24-30-52-46(63)39-70-37-36-69-34-32-54-47(64)40-71-38-35-68-33-31-53-44(61)29-28-41(49(66)67)55-45(62)27-22-20-18-16-14-12-10-8-9-11-13-15-17-19-21-26-43-56-58-59-57-43/h41-42H,8-40H2,1-7H3,(H,52,63)(H,53,61)(H,54,64)(H,55,62)(H,66,67)(H,56,57,58,59)/t41-,42?/m0/s1. The number of H-pyrrole nitrogens is 1. The molecular weight excluding hydrogens is 915 g/mol. The highest BCUT2D eigenvalue weighted by atomic mass is 16.5. The van der Waals surface area contributed by atoms with E-state index < -0.39 is 17.4 Å². The molecule has 0 radical (unpaired) electrons. The van der Waals surface area contributed by atoms with E-state index >= 15 is 0 Å². The number of carboxylic acid groups (broad SMARTS) is 1. The number of nitrogens with one attached hydrogen (secondary N) is 5. The van der Waals surface area contributed by atoms with E-state index in [2.05, 4.69) is 67.6 Å². The molecule has 0 spiro atoms. The zero-order valence-electron chi connectivity index (χ0n) is 44.8. The number of rotatable bonds is 46. The summed E-state index contributed by atoms with van der Waals surface area (Å²) in [6.45, 7) is 14.3. The van der Waals surface area contributed by atoms with E-state index in [9.17, 15) is 33.9 Å². The van der Waals surface area contributed by atoms with Crippen LogP contribution in [0.2, 0.25) is 0 Å². The Morgan fingerprint density at radius 3 is 1.52 bits per heavy atom. The van der Waals surface area contributed by atoms with E-state index in [1.54, 1.807) is 0 Å². The summed E-state index contributed by atoms with van der Waals surface area (Å²) >= 11 is 0. The first kappa shape index (κ1) is 64.9. The molecule has 1 aromatic heterocycles. The quantitative estimate of drug-likeness (QED) is 0.0432. The first-order valence-corrected chi connectivity index (χ1v) is 26.5. The maximum Gasteiger partial charge on any atom is 0.326 e. The topological polar surface area (TPSA) is 265 Å². The van der Waals surface area contributed by atoms with Crippen molar-refractivity contribution in [3.8, 4) is 0 Å². The summed E-state index contributed by atoms with van der Waals surface area (Å²) < 4.78 is 21.6. The minimum Gasteiger partial charge on any atom is -0.480 e. The van der Waals surface area contributed by atoms with Gasteiger partial charge in [0.1, 0.15) is 19.3 Å². The molecule has 2 atom stereocenters. The van der Waals surface area contributed by atoms with Crippen molar-refractivity contribution in [1.29, 1.82) is 0 Å². The monoisotopic (exact) mass is 1010 g/mol. The third kappa shape index (κ3) is 36.5. The van der Waals surface area contributed by atoms with Gasteiger partial charge in [0, 0.05) is 49.9 Å². The van der Waals surface area contributed by atoms with Crippen LogP contribution >= 0.6 is 0 Å². The molecule has 0 aliphatic carbocycles. The Balaban J connectivity index is 1.93. The smallest absolute Gasteiger partial charge is 0.326 e. The number of amides is 4. The van der Waals surface area contributed by atoms with Crippen LogP contribution in [0.4, 0.5) is 0 Å². The lowest BCUT2D eigenvalue weighted by Gasteiger charge is -2.40. The van der Waals surface area contributed by atoms with Crippen LogP contribution in [0.5, 0.6) is 0 Å².